The first-order valence-electron chi connectivity index (χ1n) is 13.7. The Morgan fingerprint density at radius 1 is 0.927 bits per heavy atom. The molecule has 8 nitrogen and oxygen atoms in total. The molecule has 0 saturated carbocycles. The fraction of sp³-hybridized carbons (Fsp3) is 0.212. The van der Waals surface area contributed by atoms with Crippen LogP contribution in [0.1, 0.15) is 39.9 Å². The smallest absolute Gasteiger partial charge is 0.253 e. The first kappa shape index (κ1) is 26.1. The van der Waals surface area contributed by atoms with Crippen LogP contribution in [0.4, 0.5) is 11.6 Å². The molecule has 0 aliphatic carbocycles. The molecule has 41 heavy (non-hydrogen) atoms. The van der Waals surface area contributed by atoms with Gasteiger partial charge in [0.2, 0.25) is 11.8 Å². The van der Waals surface area contributed by atoms with E-state index in [1.54, 1.807) is 12.1 Å². The average Bonchev–Trinajstić information content (AvgIpc) is 3.65. The van der Waals surface area contributed by atoms with E-state index in [1.807, 2.05) is 79.0 Å². The molecule has 6 rings (SSSR count). The summed E-state index contributed by atoms with van der Waals surface area (Å²) in [5.41, 5.74) is 7.67. The van der Waals surface area contributed by atoms with E-state index in [9.17, 15) is 4.79 Å². The molecule has 0 atom stereocenters. The van der Waals surface area contributed by atoms with Crippen LogP contribution in [0.2, 0.25) is 0 Å². The summed E-state index contributed by atoms with van der Waals surface area (Å²) < 4.78 is 8.45. The number of nitriles is 1. The molecule has 0 bridgehead atoms. The number of carbonyl (C=O) groups is 1. The van der Waals surface area contributed by atoms with Gasteiger partial charge in [0.15, 0.2) is 0 Å². The van der Waals surface area contributed by atoms with Crippen LogP contribution in [0.5, 0.6) is 11.6 Å². The van der Waals surface area contributed by atoms with Crippen LogP contribution < -0.4 is 10.1 Å². The standard InChI is InChI=1S/C33H30N6O2/c1-21-18-26(24-8-10-25(11-9-24)32(40)39-15-4-5-16-39)19-22(2)30(21)41-31-29-28(14-17-38(29)3)36-33(37-31)35-27-12-6-23(20-34)7-13-27/h6-14,17-19H,4-5,15-16H2,1-3H3,(H,35,36,37). The maximum Gasteiger partial charge on any atom is 0.253 e. The minimum atomic E-state index is 0.107. The molecule has 2 aromatic heterocycles. The summed E-state index contributed by atoms with van der Waals surface area (Å²) in [5, 5.41) is 12.3. The van der Waals surface area contributed by atoms with Gasteiger partial charge in [-0.3, -0.25) is 4.79 Å². The van der Waals surface area contributed by atoms with Crippen molar-refractivity contribution >= 4 is 28.6 Å². The molecule has 1 aliphatic heterocycles. The maximum absolute atomic E-state index is 12.8. The fourth-order valence-electron chi connectivity index (χ4n) is 5.32. The lowest BCUT2D eigenvalue weighted by atomic mass is 9.98. The summed E-state index contributed by atoms with van der Waals surface area (Å²) in [6.45, 7) is 5.73. The second-order valence-electron chi connectivity index (χ2n) is 10.4. The minimum Gasteiger partial charge on any atom is -0.436 e. The van der Waals surface area contributed by atoms with Gasteiger partial charge >= 0.3 is 0 Å². The third-order valence-electron chi connectivity index (χ3n) is 7.48. The molecule has 1 N–H and O–H groups in total. The van der Waals surface area contributed by atoms with Crippen LogP contribution in [0.25, 0.3) is 22.2 Å². The number of fused-ring (bicyclic) bond motifs is 1. The summed E-state index contributed by atoms with van der Waals surface area (Å²) in [5.74, 6) is 1.69. The number of hydrogen-bond donors (Lipinski definition) is 1. The van der Waals surface area contributed by atoms with Crippen LogP contribution in [-0.4, -0.2) is 38.4 Å². The number of benzene rings is 3. The Morgan fingerprint density at radius 3 is 2.27 bits per heavy atom. The minimum absolute atomic E-state index is 0.107. The lowest BCUT2D eigenvalue weighted by Crippen LogP contribution is -2.27. The SMILES string of the molecule is Cc1cc(-c2ccc(C(=O)N3CCCC3)cc2)cc(C)c1Oc1nc(Nc2ccc(C#N)cc2)nc2ccn(C)c12. The van der Waals surface area contributed by atoms with Gasteiger partial charge in [-0.2, -0.15) is 10.2 Å². The van der Waals surface area contributed by atoms with Crippen molar-refractivity contribution in [3.63, 3.8) is 0 Å². The van der Waals surface area contributed by atoms with Crippen molar-refractivity contribution in [1.82, 2.24) is 19.4 Å². The topological polar surface area (TPSA) is 96.1 Å². The van der Waals surface area contributed by atoms with Crippen LogP contribution in [0, 0.1) is 25.2 Å². The number of rotatable bonds is 6. The van der Waals surface area contributed by atoms with Gasteiger partial charge in [-0.25, -0.2) is 4.98 Å². The van der Waals surface area contributed by atoms with Crippen molar-refractivity contribution < 1.29 is 9.53 Å². The molecule has 1 aliphatic rings. The Hall–Kier alpha value is -5.16. The number of aromatic nitrogens is 3. The van der Waals surface area contributed by atoms with E-state index in [1.165, 1.54) is 0 Å². The highest BCUT2D eigenvalue weighted by Crippen LogP contribution is 2.36. The number of nitrogens with one attached hydrogen (secondary N) is 1. The van der Waals surface area contributed by atoms with Crippen LogP contribution in [0.3, 0.4) is 0 Å². The van der Waals surface area contributed by atoms with E-state index >= 15 is 0 Å². The molecule has 0 unspecified atom stereocenters. The zero-order valence-corrected chi connectivity index (χ0v) is 23.3. The highest BCUT2D eigenvalue weighted by molar-refractivity contribution is 5.95. The Balaban J connectivity index is 1.28. The number of amides is 1. The Kier molecular flexibility index (Phi) is 6.86. The lowest BCUT2D eigenvalue weighted by molar-refractivity contribution is 0.0793. The van der Waals surface area contributed by atoms with Crippen molar-refractivity contribution in [3.05, 3.63) is 95.2 Å². The second kappa shape index (κ2) is 10.8. The van der Waals surface area contributed by atoms with Gasteiger partial charge in [0, 0.05) is 37.6 Å². The Morgan fingerprint density at radius 2 is 1.61 bits per heavy atom. The first-order valence-corrected chi connectivity index (χ1v) is 13.7. The van der Waals surface area contributed by atoms with Gasteiger partial charge in [0.25, 0.3) is 5.91 Å². The van der Waals surface area contributed by atoms with E-state index < -0.39 is 0 Å². The molecule has 3 aromatic carbocycles. The molecule has 3 heterocycles. The number of anilines is 2. The number of hydrogen-bond acceptors (Lipinski definition) is 6. The van der Waals surface area contributed by atoms with Crippen LogP contribution in [-0.2, 0) is 7.05 Å². The van der Waals surface area contributed by atoms with Gasteiger partial charge in [-0.1, -0.05) is 12.1 Å². The van der Waals surface area contributed by atoms with Gasteiger partial charge in [0.1, 0.15) is 11.3 Å². The van der Waals surface area contributed by atoms with E-state index in [4.69, 9.17) is 15.0 Å². The molecule has 0 spiro atoms. The number of carbonyl (C=O) groups excluding carboxylic acids is 1. The van der Waals surface area contributed by atoms with E-state index in [2.05, 4.69) is 28.5 Å². The van der Waals surface area contributed by atoms with E-state index in [-0.39, 0.29) is 5.91 Å². The molecule has 204 valence electrons. The van der Waals surface area contributed by atoms with Gasteiger partial charge < -0.3 is 19.5 Å². The normalized spacial score (nSPS) is 12.9. The summed E-state index contributed by atoms with van der Waals surface area (Å²) in [6.07, 6.45) is 4.09. The summed E-state index contributed by atoms with van der Waals surface area (Å²) in [4.78, 5) is 24.1. The molecule has 0 radical (unpaired) electrons. The number of nitrogens with zero attached hydrogens (tertiary/aromatic N) is 5. The van der Waals surface area contributed by atoms with Gasteiger partial charge in [-0.05, 0) is 104 Å². The quantitative estimate of drug-likeness (QED) is 0.251. The van der Waals surface area contributed by atoms with Crippen LogP contribution >= 0.6 is 0 Å². The third-order valence-corrected chi connectivity index (χ3v) is 7.48. The average molecular weight is 543 g/mol. The second-order valence-corrected chi connectivity index (χ2v) is 10.4. The van der Waals surface area contributed by atoms with Gasteiger partial charge in [0.05, 0.1) is 17.1 Å². The van der Waals surface area contributed by atoms with Crippen molar-refractivity contribution in [1.29, 1.82) is 5.26 Å². The molecular weight excluding hydrogens is 512 g/mol. The molecule has 5 aromatic rings. The predicted octanol–water partition coefficient (Wildman–Crippen LogP) is 6.90. The highest BCUT2D eigenvalue weighted by atomic mass is 16.5. The number of ether oxygens (including phenoxy) is 1. The molecule has 1 saturated heterocycles. The zero-order chi connectivity index (χ0) is 28.5. The fourth-order valence-corrected chi connectivity index (χ4v) is 5.32. The third kappa shape index (κ3) is 5.22. The predicted molar refractivity (Wildman–Crippen MR) is 160 cm³/mol. The number of likely N-dealkylation sites (tertiary alicyclic amines) is 1. The monoisotopic (exact) mass is 542 g/mol. The first-order chi connectivity index (χ1) is 19.9. The van der Waals surface area contributed by atoms with Crippen molar-refractivity contribution in [2.45, 2.75) is 26.7 Å². The summed E-state index contributed by atoms with van der Waals surface area (Å²) >= 11 is 0. The highest BCUT2D eigenvalue weighted by Gasteiger charge is 2.20. The zero-order valence-electron chi connectivity index (χ0n) is 23.3. The van der Waals surface area contributed by atoms with Crippen molar-refractivity contribution in [2.24, 2.45) is 7.05 Å². The molecular formula is C33H30N6O2. The summed E-state index contributed by atoms with van der Waals surface area (Å²) in [6, 6.07) is 23.2. The van der Waals surface area contributed by atoms with Crippen molar-refractivity contribution in [3.8, 4) is 28.8 Å². The van der Waals surface area contributed by atoms with E-state index in [0.29, 0.717) is 17.4 Å². The molecule has 8 heteroatoms. The van der Waals surface area contributed by atoms with Crippen molar-refractivity contribution in [2.75, 3.05) is 18.4 Å². The van der Waals surface area contributed by atoms with E-state index in [0.717, 1.165) is 76.2 Å². The van der Waals surface area contributed by atoms with Crippen LogP contribution in [0.15, 0.2) is 72.9 Å². The molecule has 1 amide bonds. The molecule has 1 fully saturated rings. The Bertz CT molecular complexity index is 1770. The van der Waals surface area contributed by atoms with Gasteiger partial charge in [-0.15, -0.1) is 0 Å². The maximum atomic E-state index is 12.8. The number of aryl methyl sites for hydroxylation is 3. The summed E-state index contributed by atoms with van der Waals surface area (Å²) in [7, 11) is 1.94. The Labute approximate surface area is 238 Å². The lowest BCUT2D eigenvalue weighted by Gasteiger charge is -2.16. The largest absolute Gasteiger partial charge is 0.436 e.